The van der Waals surface area contributed by atoms with Crippen molar-refractivity contribution in [1.82, 2.24) is 9.55 Å². The zero-order chi connectivity index (χ0) is 15.0. The van der Waals surface area contributed by atoms with E-state index in [4.69, 9.17) is 4.74 Å². The van der Waals surface area contributed by atoms with Crippen LogP contribution in [-0.4, -0.2) is 22.1 Å². The van der Waals surface area contributed by atoms with E-state index in [9.17, 15) is 14.4 Å². The van der Waals surface area contributed by atoms with Gasteiger partial charge < -0.3 is 4.74 Å². The molecule has 3 rings (SSSR count). The van der Waals surface area contributed by atoms with Gasteiger partial charge in [0.15, 0.2) is 0 Å². The third-order valence-corrected chi connectivity index (χ3v) is 5.04. The van der Waals surface area contributed by atoms with Crippen molar-refractivity contribution in [2.75, 3.05) is 6.61 Å². The number of esters is 1. The predicted molar refractivity (Wildman–Crippen MR) is 76.0 cm³/mol. The number of carbonyl (C=O) groups excluding carboxylic acids is 1. The largest absolute Gasteiger partial charge is 0.466 e. The fourth-order valence-electron chi connectivity index (χ4n) is 4.14. The third-order valence-electron chi connectivity index (χ3n) is 5.04. The summed E-state index contributed by atoms with van der Waals surface area (Å²) in [6.45, 7) is 2.20. The average molecular weight is 292 g/mol. The Labute approximate surface area is 122 Å². The molecule has 0 amide bonds. The highest BCUT2D eigenvalue weighted by atomic mass is 16.5. The van der Waals surface area contributed by atoms with Crippen LogP contribution < -0.4 is 11.2 Å². The van der Waals surface area contributed by atoms with Gasteiger partial charge in [-0.05, 0) is 38.5 Å². The Morgan fingerprint density at radius 2 is 2.33 bits per heavy atom. The molecule has 0 spiro atoms. The molecule has 3 atom stereocenters. The molecular weight excluding hydrogens is 272 g/mol. The van der Waals surface area contributed by atoms with Crippen LogP contribution in [0, 0.1) is 11.3 Å². The number of rotatable bonds is 3. The lowest BCUT2D eigenvalue weighted by Crippen LogP contribution is -2.34. The number of hydrogen-bond acceptors (Lipinski definition) is 4. The molecule has 1 N–H and O–H groups in total. The second kappa shape index (κ2) is 5.16. The summed E-state index contributed by atoms with van der Waals surface area (Å²) in [7, 11) is 0. The number of aromatic nitrogens is 2. The molecule has 1 heterocycles. The molecule has 0 aliphatic heterocycles. The molecule has 6 heteroatoms. The second-order valence-electron chi connectivity index (χ2n) is 6.08. The highest BCUT2D eigenvalue weighted by Crippen LogP contribution is 2.58. The average Bonchev–Trinajstić information content (AvgIpc) is 2.96. The van der Waals surface area contributed by atoms with E-state index in [0.717, 1.165) is 25.7 Å². The van der Waals surface area contributed by atoms with Crippen molar-refractivity contribution in [1.29, 1.82) is 0 Å². The first-order valence-electron chi connectivity index (χ1n) is 7.55. The summed E-state index contributed by atoms with van der Waals surface area (Å²) in [5.74, 6) is 0.160. The lowest BCUT2D eigenvalue weighted by atomic mass is 9.80. The van der Waals surface area contributed by atoms with Crippen LogP contribution in [0.4, 0.5) is 0 Å². The van der Waals surface area contributed by atoms with Crippen LogP contribution in [0.1, 0.15) is 45.1 Å². The fourth-order valence-corrected chi connectivity index (χ4v) is 4.14. The summed E-state index contributed by atoms with van der Waals surface area (Å²) in [4.78, 5) is 37.8. The van der Waals surface area contributed by atoms with E-state index < -0.39 is 16.7 Å². The molecule has 0 bridgehead atoms. The van der Waals surface area contributed by atoms with Crippen molar-refractivity contribution in [3.8, 4) is 0 Å². The van der Waals surface area contributed by atoms with Crippen molar-refractivity contribution in [3.63, 3.8) is 0 Å². The van der Waals surface area contributed by atoms with E-state index in [1.807, 2.05) is 6.92 Å². The van der Waals surface area contributed by atoms with Crippen LogP contribution in [0.5, 0.6) is 0 Å². The van der Waals surface area contributed by atoms with Crippen LogP contribution in [0.25, 0.3) is 0 Å². The first-order valence-corrected chi connectivity index (χ1v) is 7.55. The number of H-pyrrole nitrogens is 1. The van der Waals surface area contributed by atoms with Gasteiger partial charge in [-0.3, -0.25) is 19.1 Å². The van der Waals surface area contributed by atoms with Gasteiger partial charge in [0, 0.05) is 18.3 Å². The second-order valence-corrected chi connectivity index (χ2v) is 6.08. The minimum Gasteiger partial charge on any atom is -0.466 e. The third kappa shape index (κ3) is 2.22. The molecule has 1 aromatic heterocycles. The Kier molecular flexibility index (Phi) is 3.47. The highest BCUT2D eigenvalue weighted by molar-refractivity contribution is 5.78. The summed E-state index contributed by atoms with van der Waals surface area (Å²) < 4.78 is 6.84. The molecule has 2 aliphatic rings. The van der Waals surface area contributed by atoms with Gasteiger partial charge in [0.2, 0.25) is 0 Å². The zero-order valence-corrected chi connectivity index (χ0v) is 12.1. The summed E-state index contributed by atoms with van der Waals surface area (Å²) in [6, 6.07) is 1.32. The monoisotopic (exact) mass is 292 g/mol. The van der Waals surface area contributed by atoms with E-state index in [1.165, 1.54) is 12.3 Å². The fraction of sp³-hybridized carbons (Fsp3) is 0.667. The zero-order valence-electron chi connectivity index (χ0n) is 12.1. The standard InChI is InChI=1S/C15H20N2O4/c1-2-21-13(19)15-6-3-4-10(15)8-11(9-15)17-7-5-12(18)16-14(17)20/h5,7,10-11H,2-4,6,8-9H2,1H3,(H,16,18,20)/t10-,11-,15-/m0/s1. The highest BCUT2D eigenvalue weighted by Gasteiger charge is 2.56. The first kappa shape index (κ1) is 14.1. The number of aromatic amines is 1. The minimum absolute atomic E-state index is 0.0379. The molecular formula is C15H20N2O4. The van der Waals surface area contributed by atoms with E-state index in [0.29, 0.717) is 13.0 Å². The first-order chi connectivity index (χ1) is 10.1. The number of ether oxygens (including phenoxy) is 1. The molecule has 21 heavy (non-hydrogen) atoms. The molecule has 1 aromatic rings. The van der Waals surface area contributed by atoms with Gasteiger partial charge in [0.1, 0.15) is 0 Å². The summed E-state index contributed by atoms with van der Waals surface area (Å²) in [5, 5.41) is 0. The SMILES string of the molecule is CCOC(=O)[C@]12CCC[C@H]1C[C@H](n1ccc(=O)[nH]c1=O)C2. The molecule has 2 fully saturated rings. The van der Waals surface area contributed by atoms with Crippen LogP contribution in [0.15, 0.2) is 21.9 Å². The van der Waals surface area contributed by atoms with E-state index in [-0.39, 0.29) is 17.9 Å². The number of nitrogens with zero attached hydrogens (tertiary/aromatic N) is 1. The molecule has 0 saturated heterocycles. The maximum absolute atomic E-state index is 12.4. The Morgan fingerprint density at radius 1 is 1.52 bits per heavy atom. The smallest absolute Gasteiger partial charge is 0.328 e. The maximum Gasteiger partial charge on any atom is 0.328 e. The van der Waals surface area contributed by atoms with Crippen LogP contribution in [0.2, 0.25) is 0 Å². The maximum atomic E-state index is 12.4. The van der Waals surface area contributed by atoms with Crippen LogP contribution in [0.3, 0.4) is 0 Å². The summed E-state index contributed by atoms with van der Waals surface area (Å²) in [6.07, 6.45) is 5.84. The molecule has 6 nitrogen and oxygen atoms in total. The number of carbonyl (C=O) groups is 1. The molecule has 0 radical (unpaired) electrons. The van der Waals surface area contributed by atoms with Gasteiger partial charge in [-0.1, -0.05) is 6.42 Å². The Hall–Kier alpha value is -1.85. The number of hydrogen-bond donors (Lipinski definition) is 1. The molecule has 114 valence electrons. The van der Waals surface area contributed by atoms with Crippen molar-refractivity contribution in [2.24, 2.45) is 11.3 Å². The van der Waals surface area contributed by atoms with Gasteiger partial charge in [0.25, 0.3) is 5.56 Å². The Morgan fingerprint density at radius 3 is 3.05 bits per heavy atom. The van der Waals surface area contributed by atoms with Gasteiger partial charge >= 0.3 is 11.7 Å². The van der Waals surface area contributed by atoms with Gasteiger partial charge in [-0.2, -0.15) is 0 Å². The van der Waals surface area contributed by atoms with Crippen molar-refractivity contribution in [3.05, 3.63) is 33.1 Å². The summed E-state index contributed by atoms with van der Waals surface area (Å²) in [5.41, 5.74) is -1.22. The Bertz CT molecular complexity index is 662. The van der Waals surface area contributed by atoms with Gasteiger partial charge in [-0.25, -0.2) is 4.79 Å². The summed E-state index contributed by atoms with van der Waals surface area (Å²) >= 11 is 0. The van der Waals surface area contributed by atoms with Crippen LogP contribution in [-0.2, 0) is 9.53 Å². The normalized spacial score (nSPS) is 31.1. The van der Waals surface area contributed by atoms with E-state index in [2.05, 4.69) is 4.98 Å². The van der Waals surface area contributed by atoms with Crippen molar-refractivity contribution >= 4 is 5.97 Å². The Balaban J connectivity index is 1.91. The van der Waals surface area contributed by atoms with E-state index >= 15 is 0 Å². The molecule has 0 aromatic carbocycles. The molecule has 2 aliphatic carbocycles. The lowest BCUT2D eigenvalue weighted by Gasteiger charge is -2.26. The predicted octanol–water partition coefficient (Wildman–Crippen LogP) is 1.22. The van der Waals surface area contributed by atoms with Crippen molar-refractivity contribution in [2.45, 2.75) is 45.1 Å². The molecule has 2 saturated carbocycles. The number of nitrogens with one attached hydrogen (secondary N) is 1. The topological polar surface area (TPSA) is 81.2 Å². The minimum atomic E-state index is -0.434. The number of fused-ring (bicyclic) bond motifs is 1. The van der Waals surface area contributed by atoms with E-state index in [1.54, 1.807) is 4.57 Å². The molecule has 0 unspecified atom stereocenters. The quantitative estimate of drug-likeness (QED) is 0.849. The van der Waals surface area contributed by atoms with Gasteiger partial charge in [-0.15, -0.1) is 0 Å². The van der Waals surface area contributed by atoms with Crippen LogP contribution >= 0.6 is 0 Å². The van der Waals surface area contributed by atoms with Crippen molar-refractivity contribution < 1.29 is 9.53 Å². The lowest BCUT2D eigenvalue weighted by molar-refractivity contribution is -0.156. The van der Waals surface area contributed by atoms with Gasteiger partial charge in [0.05, 0.1) is 12.0 Å².